The Morgan fingerprint density at radius 1 is 1.36 bits per heavy atom. The van der Waals surface area contributed by atoms with E-state index < -0.39 is 6.10 Å². The van der Waals surface area contributed by atoms with Crippen LogP contribution in [-0.4, -0.2) is 46.9 Å². The first kappa shape index (κ1) is 16.0. The van der Waals surface area contributed by atoms with Gasteiger partial charge in [-0.25, -0.2) is 4.98 Å². The van der Waals surface area contributed by atoms with Crippen molar-refractivity contribution in [2.75, 3.05) is 19.9 Å². The van der Waals surface area contributed by atoms with Gasteiger partial charge in [0.1, 0.15) is 5.76 Å². The van der Waals surface area contributed by atoms with Crippen molar-refractivity contribution in [3.05, 3.63) is 41.6 Å². The van der Waals surface area contributed by atoms with Gasteiger partial charge < -0.3 is 23.9 Å². The summed E-state index contributed by atoms with van der Waals surface area (Å²) in [6, 6.07) is 5.73. The van der Waals surface area contributed by atoms with Crippen LogP contribution in [0.2, 0.25) is 0 Å². The largest absolute Gasteiger partial charge is 0.454 e. The lowest BCUT2D eigenvalue weighted by molar-refractivity contribution is 0.0376. The minimum atomic E-state index is -0.643. The normalized spacial score (nSPS) is 22.2. The number of aliphatic hydroxyl groups is 1. The molecule has 0 aliphatic carbocycles. The first-order valence-electron chi connectivity index (χ1n) is 8.46. The summed E-state index contributed by atoms with van der Waals surface area (Å²) in [5.41, 5.74) is 1.34. The topological polar surface area (TPSA) is 85.0 Å². The predicted octanol–water partition coefficient (Wildman–Crippen LogP) is 1.96. The first-order chi connectivity index (χ1) is 12.2. The predicted molar refractivity (Wildman–Crippen MR) is 87.7 cm³/mol. The van der Waals surface area contributed by atoms with E-state index in [1.807, 2.05) is 25.1 Å². The summed E-state index contributed by atoms with van der Waals surface area (Å²) in [6.45, 7) is 2.97. The van der Waals surface area contributed by atoms with E-state index in [0.717, 1.165) is 11.3 Å². The Kier molecular flexibility index (Phi) is 4.09. The number of piperidine rings is 1. The lowest BCUT2D eigenvalue weighted by Crippen LogP contribution is -2.46. The number of benzene rings is 1. The van der Waals surface area contributed by atoms with Gasteiger partial charge in [0.15, 0.2) is 23.6 Å². The Morgan fingerprint density at radius 3 is 3.00 bits per heavy atom. The van der Waals surface area contributed by atoms with Crippen LogP contribution in [0.1, 0.15) is 41.1 Å². The van der Waals surface area contributed by atoms with Crippen LogP contribution in [0.25, 0.3) is 0 Å². The van der Waals surface area contributed by atoms with Crippen LogP contribution < -0.4 is 9.47 Å². The summed E-state index contributed by atoms with van der Waals surface area (Å²) in [4.78, 5) is 18.3. The van der Waals surface area contributed by atoms with Crippen LogP contribution in [0.3, 0.4) is 0 Å². The lowest BCUT2D eigenvalue weighted by Gasteiger charge is -2.36. The molecular formula is C18H20N2O5. The number of aliphatic hydroxyl groups excluding tert-OH is 1. The molecule has 1 saturated heterocycles. The van der Waals surface area contributed by atoms with Gasteiger partial charge in [0.25, 0.3) is 5.91 Å². The Labute approximate surface area is 145 Å². The third-order valence-corrected chi connectivity index (χ3v) is 4.86. The minimum absolute atomic E-state index is 0.0403. The summed E-state index contributed by atoms with van der Waals surface area (Å²) >= 11 is 0. The molecule has 3 heterocycles. The summed E-state index contributed by atoms with van der Waals surface area (Å²) in [5, 5.41) is 10.6. The van der Waals surface area contributed by atoms with Crippen molar-refractivity contribution in [2.45, 2.75) is 31.8 Å². The van der Waals surface area contributed by atoms with Crippen LogP contribution in [0.4, 0.5) is 0 Å². The monoisotopic (exact) mass is 344 g/mol. The van der Waals surface area contributed by atoms with Gasteiger partial charge in [0.2, 0.25) is 6.79 Å². The minimum Gasteiger partial charge on any atom is -0.454 e. The first-order valence-corrected chi connectivity index (χ1v) is 8.46. The number of carbonyl (C=O) groups excluding carboxylic acids is 1. The highest BCUT2D eigenvalue weighted by molar-refractivity contribution is 5.93. The van der Waals surface area contributed by atoms with Crippen LogP contribution >= 0.6 is 0 Å². The third kappa shape index (κ3) is 2.84. The van der Waals surface area contributed by atoms with Crippen molar-refractivity contribution in [3.8, 4) is 11.5 Å². The van der Waals surface area contributed by atoms with Crippen LogP contribution in [0.5, 0.6) is 11.5 Å². The molecule has 25 heavy (non-hydrogen) atoms. The standard InChI is InChI=1S/C18H20N2O5/c1-2-14-17(19-9-23-14)18(22)20-6-5-12(13(21)8-20)11-3-4-15-16(7-11)25-10-24-15/h3-4,7,9,12-13,21H,2,5-6,8,10H2,1H3/t12-,13+/m0/s1. The molecule has 1 aromatic heterocycles. The van der Waals surface area contributed by atoms with E-state index in [0.29, 0.717) is 36.6 Å². The van der Waals surface area contributed by atoms with Crippen molar-refractivity contribution < 1.29 is 23.8 Å². The number of ether oxygens (including phenoxy) is 2. The molecule has 2 aromatic rings. The molecule has 132 valence electrons. The molecule has 2 atom stereocenters. The second-order valence-electron chi connectivity index (χ2n) is 6.30. The second kappa shape index (κ2) is 6.40. The van der Waals surface area contributed by atoms with Gasteiger partial charge in [-0.15, -0.1) is 0 Å². The summed E-state index contributed by atoms with van der Waals surface area (Å²) in [7, 11) is 0. The number of nitrogens with zero attached hydrogens (tertiary/aromatic N) is 2. The molecule has 1 N–H and O–H groups in total. The van der Waals surface area contributed by atoms with Gasteiger partial charge in [0.05, 0.1) is 6.10 Å². The zero-order valence-corrected chi connectivity index (χ0v) is 14.0. The number of carbonyl (C=O) groups is 1. The maximum absolute atomic E-state index is 12.6. The molecule has 0 spiro atoms. The van der Waals surface area contributed by atoms with Gasteiger partial charge in [-0.1, -0.05) is 13.0 Å². The van der Waals surface area contributed by atoms with E-state index in [4.69, 9.17) is 13.9 Å². The molecule has 2 aliphatic heterocycles. The maximum atomic E-state index is 12.6. The molecule has 1 fully saturated rings. The van der Waals surface area contributed by atoms with E-state index in [-0.39, 0.29) is 25.2 Å². The molecule has 0 unspecified atom stereocenters. The molecule has 0 radical (unpaired) electrons. The van der Waals surface area contributed by atoms with E-state index in [2.05, 4.69) is 4.98 Å². The maximum Gasteiger partial charge on any atom is 0.276 e. The Bertz CT molecular complexity index is 788. The number of amides is 1. The van der Waals surface area contributed by atoms with Gasteiger partial charge in [0, 0.05) is 25.4 Å². The van der Waals surface area contributed by atoms with E-state index in [9.17, 15) is 9.90 Å². The Hall–Kier alpha value is -2.54. The molecule has 1 amide bonds. The third-order valence-electron chi connectivity index (χ3n) is 4.86. The highest BCUT2D eigenvalue weighted by Gasteiger charge is 2.33. The molecule has 0 bridgehead atoms. The van der Waals surface area contributed by atoms with Crippen molar-refractivity contribution in [1.82, 2.24) is 9.88 Å². The fourth-order valence-electron chi connectivity index (χ4n) is 3.49. The number of oxazole rings is 1. The Balaban J connectivity index is 1.48. The van der Waals surface area contributed by atoms with Crippen molar-refractivity contribution in [3.63, 3.8) is 0 Å². The average molecular weight is 344 g/mol. The average Bonchev–Trinajstić information content (AvgIpc) is 3.29. The number of rotatable bonds is 3. The molecule has 2 aliphatic rings. The van der Waals surface area contributed by atoms with Crippen LogP contribution in [0, 0.1) is 0 Å². The number of hydrogen-bond acceptors (Lipinski definition) is 6. The van der Waals surface area contributed by atoms with Gasteiger partial charge in [-0.2, -0.15) is 0 Å². The number of hydrogen-bond donors (Lipinski definition) is 1. The van der Waals surface area contributed by atoms with Crippen LogP contribution in [-0.2, 0) is 6.42 Å². The molecule has 1 aromatic carbocycles. The number of β-amino-alcohol motifs (C(OH)–C–C–N with tert-alkyl or cyclic N) is 1. The van der Waals surface area contributed by atoms with Crippen molar-refractivity contribution in [1.29, 1.82) is 0 Å². The quantitative estimate of drug-likeness (QED) is 0.916. The zero-order valence-electron chi connectivity index (χ0n) is 14.0. The number of aryl methyl sites for hydroxylation is 1. The lowest BCUT2D eigenvalue weighted by atomic mass is 9.86. The summed E-state index contributed by atoms with van der Waals surface area (Å²) in [6.07, 6.45) is 1.93. The molecule has 7 heteroatoms. The van der Waals surface area contributed by atoms with Gasteiger partial charge in [-0.05, 0) is 24.1 Å². The van der Waals surface area contributed by atoms with Gasteiger partial charge >= 0.3 is 0 Å². The highest BCUT2D eigenvalue weighted by Crippen LogP contribution is 2.37. The van der Waals surface area contributed by atoms with E-state index >= 15 is 0 Å². The number of likely N-dealkylation sites (tertiary alicyclic amines) is 1. The summed E-state index contributed by atoms with van der Waals surface area (Å²) in [5.74, 6) is 1.79. The smallest absolute Gasteiger partial charge is 0.276 e. The highest BCUT2D eigenvalue weighted by atomic mass is 16.7. The second-order valence-corrected chi connectivity index (χ2v) is 6.30. The van der Waals surface area contributed by atoms with Crippen LogP contribution in [0.15, 0.2) is 29.0 Å². The Morgan fingerprint density at radius 2 is 2.20 bits per heavy atom. The number of aromatic nitrogens is 1. The number of fused-ring (bicyclic) bond motifs is 1. The zero-order chi connectivity index (χ0) is 17.4. The van der Waals surface area contributed by atoms with Gasteiger partial charge in [-0.3, -0.25) is 4.79 Å². The molecular weight excluding hydrogens is 324 g/mol. The van der Waals surface area contributed by atoms with Crippen molar-refractivity contribution >= 4 is 5.91 Å². The fraction of sp³-hybridized carbons (Fsp3) is 0.444. The fourth-order valence-corrected chi connectivity index (χ4v) is 3.49. The molecule has 4 rings (SSSR count). The van der Waals surface area contributed by atoms with E-state index in [1.165, 1.54) is 6.39 Å². The molecule has 0 saturated carbocycles. The van der Waals surface area contributed by atoms with Crippen molar-refractivity contribution in [2.24, 2.45) is 0 Å². The molecule has 7 nitrogen and oxygen atoms in total. The summed E-state index contributed by atoms with van der Waals surface area (Å²) < 4.78 is 16.0. The SMILES string of the molecule is CCc1ocnc1C(=O)N1CC[C@@H](c2ccc3c(c2)OCO3)[C@H](O)C1. The van der Waals surface area contributed by atoms with E-state index in [1.54, 1.807) is 4.90 Å².